The van der Waals surface area contributed by atoms with Gasteiger partial charge in [-0.2, -0.15) is 4.98 Å². The second-order valence-electron chi connectivity index (χ2n) is 3.77. The van der Waals surface area contributed by atoms with Gasteiger partial charge in [-0.3, -0.25) is 0 Å². The Labute approximate surface area is 89.1 Å². The standard InChI is InChI=1S/C10H16N4O/c1-7-5-9(11)14-10(13-7)12-6-8-3-2-4-15-8/h5,8H,2-4,6H2,1H3,(H3,11,12,13,14)/t8-/m0/s1. The molecule has 0 spiro atoms. The number of hydrogen-bond donors (Lipinski definition) is 2. The van der Waals surface area contributed by atoms with Crippen molar-refractivity contribution in [2.75, 3.05) is 24.2 Å². The van der Waals surface area contributed by atoms with E-state index in [0.29, 0.717) is 11.8 Å². The quantitative estimate of drug-likeness (QED) is 0.774. The normalized spacial score (nSPS) is 20.5. The van der Waals surface area contributed by atoms with Crippen LogP contribution in [-0.2, 0) is 4.74 Å². The summed E-state index contributed by atoms with van der Waals surface area (Å²) in [5.74, 6) is 1.08. The zero-order valence-electron chi connectivity index (χ0n) is 8.86. The highest BCUT2D eigenvalue weighted by atomic mass is 16.5. The van der Waals surface area contributed by atoms with Gasteiger partial charge in [-0.15, -0.1) is 0 Å². The Kier molecular flexibility index (Phi) is 3.01. The number of nitrogens with two attached hydrogens (primary N) is 1. The molecule has 1 fully saturated rings. The molecule has 0 aromatic carbocycles. The molecule has 1 atom stereocenters. The smallest absolute Gasteiger partial charge is 0.224 e. The number of rotatable bonds is 3. The highest BCUT2D eigenvalue weighted by molar-refractivity contribution is 5.38. The van der Waals surface area contributed by atoms with Crippen molar-refractivity contribution < 1.29 is 4.74 Å². The number of hydrogen-bond acceptors (Lipinski definition) is 5. The van der Waals surface area contributed by atoms with E-state index in [1.165, 1.54) is 0 Å². The number of aryl methyl sites for hydroxylation is 1. The molecule has 1 saturated heterocycles. The molecule has 0 saturated carbocycles. The van der Waals surface area contributed by atoms with Gasteiger partial charge in [0.1, 0.15) is 5.82 Å². The summed E-state index contributed by atoms with van der Waals surface area (Å²) in [5, 5.41) is 3.14. The third-order valence-corrected chi connectivity index (χ3v) is 2.39. The van der Waals surface area contributed by atoms with Gasteiger partial charge in [0, 0.05) is 24.9 Å². The van der Waals surface area contributed by atoms with Crippen molar-refractivity contribution in [3.05, 3.63) is 11.8 Å². The molecule has 82 valence electrons. The van der Waals surface area contributed by atoms with Crippen LogP contribution in [0, 0.1) is 6.92 Å². The summed E-state index contributed by atoms with van der Waals surface area (Å²) >= 11 is 0. The van der Waals surface area contributed by atoms with E-state index in [4.69, 9.17) is 10.5 Å². The van der Waals surface area contributed by atoms with Crippen LogP contribution < -0.4 is 11.1 Å². The molecule has 5 heteroatoms. The molecule has 3 N–H and O–H groups in total. The molecule has 0 amide bonds. The first kappa shape index (κ1) is 10.2. The van der Waals surface area contributed by atoms with Gasteiger partial charge in [0.2, 0.25) is 5.95 Å². The second kappa shape index (κ2) is 4.44. The number of nitrogen functional groups attached to an aromatic ring is 1. The minimum absolute atomic E-state index is 0.287. The Morgan fingerprint density at radius 1 is 1.60 bits per heavy atom. The van der Waals surface area contributed by atoms with Crippen LogP contribution in [0.5, 0.6) is 0 Å². The van der Waals surface area contributed by atoms with Crippen molar-refractivity contribution in [1.82, 2.24) is 9.97 Å². The number of anilines is 2. The fourth-order valence-electron chi connectivity index (χ4n) is 1.68. The van der Waals surface area contributed by atoms with Gasteiger partial charge in [0.15, 0.2) is 0 Å². The van der Waals surface area contributed by atoms with Gasteiger partial charge >= 0.3 is 0 Å². The van der Waals surface area contributed by atoms with Crippen molar-refractivity contribution in [3.63, 3.8) is 0 Å². The summed E-state index contributed by atoms with van der Waals surface area (Å²) in [6, 6.07) is 1.75. The summed E-state index contributed by atoms with van der Waals surface area (Å²) in [5.41, 5.74) is 6.49. The molecule has 1 aliphatic rings. The molecule has 1 aromatic rings. The summed E-state index contributed by atoms with van der Waals surface area (Å²) in [7, 11) is 0. The minimum atomic E-state index is 0.287. The Morgan fingerprint density at radius 3 is 3.13 bits per heavy atom. The topological polar surface area (TPSA) is 73.1 Å². The van der Waals surface area contributed by atoms with E-state index in [1.54, 1.807) is 6.07 Å². The van der Waals surface area contributed by atoms with Crippen LogP contribution >= 0.6 is 0 Å². The third kappa shape index (κ3) is 2.79. The number of ether oxygens (including phenoxy) is 1. The van der Waals surface area contributed by atoms with E-state index in [9.17, 15) is 0 Å². The first-order valence-corrected chi connectivity index (χ1v) is 5.20. The molecule has 2 rings (SSSR count). The SMILES string of the molecule is Cc1cc(N)nc(NC[C@@H]2CCCO2)n1. The lowest BCUT2D eigenvalue weighted by atomic mass is 10.2. The Bertz CT molecular complexity index is 316. The van der Waals surface area contributed by atoms with Gasteiger partial charge in [0.05, 0.1) is 6.10 Å². The monoisotopic (exact) mass is 208 g/mol. The van der Waals surface area contributed by atoms with Crippen molar-refractivity contribution in [3.8, 4) is 0 Å². The predicted molar refractivity (Wildman–Crippen MR) is 58.6 cm³/mol. The van der Waals surface area contributed by atoms with Crippen LogP contribution in [0.1, 0.15) is 18.5 Å². The van der Waals surface area contributed by atoms with Gasteiger partial charge in [-0.1, -0.05) is 0 Å². The maximum absolute atomic E-state index is 5.62. The maximum Gasteiger partial charge on any atom is 0.224 e. The Morgan fingerprint density at radius 2 is 2.47 bits per heavy atom. The van der Waals surface area contributed by atoms with Gasteiger partial charge in [-0.05, 0) is 19.8 Å². The van der Waals surface area contributed by atoms with Gasteiger partial charge in [-0.25, -0.2) is 4.98 Å². The predicted octanol–water partition coefficient (Wildman–Crippen LogP) is 0.958. The molecular weight excluding hydrogens is 192 g/mol. The highest BCUT2D eigenvalue weighted by Gasteiger charge is 2.15. The molecule has 0 bridgehead atoms. The molecule has 0 aliphatic carbocycles. The van der Waals surface area contributed by atoms with E-state index in [-0.39, 0.29) is 6.10 Å². The Balaban J connectivity index is 1.92. The van der Waals surface area contributed by atoms with E-state index in [1.807, 2.05) is 6.92 Å². The molecule has 1 aliphatic heterocycles. The van der Waals surface area contributed by atoms with Gasteiger partial charge in [0.25, 0.3) is 0 Å². The van der Waals surface area contributed by atoms with Crippen LogP contribution in [0.15, 0.2) is 6.07 Å². The number of nitrogens with one attached hydrogen (secondary N) is 1. The fourth-order valence-corrected chi connectivity index (χ4v) is 1.68. The third-order valence-electron chi connectivity index (χ3n) is 2.39. The van der Waals surface area contributed by atoms with Crippen LogP contribution in [0.2, 0.25) is 0 Å². The van der Waals surface area contributed by atoms with Crippen molar-refractivity contribution in [2.24, 2.45) is 0 Å². The fraction of sp³-hybridized carbons (Fsp3) is 0.600. The summed E-state index contributed by atoms with van der Waals surface area (Å²) < 4.78 is 5.49. The maximum atomic E-state index is 5.62. The Hall–Kier alpha value is -1.36. The van der Waals surface area contributed by atoms with E-state index in [0.717, 1.165) is 31.7 Å². The van der Waals surface area contributed by atoms with Crippen LogP contribution in [0.25, 0.3) is 0 Å². The summed E-state index contributed by atoms with van der Waals surface area (Å²) in [6.07, 6.45) is 2.53. The largest absolute Gasteiger partial charge is 0.384 e. The molecule has 0 unspecified atom stereocenters. The van der Waals surface area contributed by atoms with E-state index < -0.39 is 0 Å². The molecule has 1 aromatic heterocycles. The minimum Gasteiger partial charge on any atom is -0.384 e. The number of nitrogens with zero attached hydrogens (tertiary/aromatic N) is 2. The van der Waals surface area contributed by atoms with Crippen molar-refractivity contribution >= 4 is 11.8 Å². The van der Waals surface area contributed by atoms with E-state index >= 15 is 0 Å². The second-order valence-corrected chi connectivity index (χ2v) is 3.77. The summed E-state index contributed by atoms with van der Waals surface area (Å²) in [4.78, 5) is 8.33. The zero-order valence-corrected chi connectivity index (χ0v) is 8.86. The molecule has 2 heterocycles. The molecule has 5 nitrogen and oxygen atoms in total. The average molecular weight is 208 g/mol. The van der Waals surface area contributed by atoms with E-state index in [2.05, 4.69) is 15.3 Å². The first-order valence-electron chi connectivity index (χ1n) is 5.20. The van der Waals surface area contributed by atoms with Crippen molar-refractivity contribution in [1.29, 1.82) is 0 Å². The lowest BCUT2D eigenvalue weighted by Crippen LogP contribution is -2.20. The lowest BCUT2D eigenvalue weighted by molar-refractivity contribution is 0.120. The van der Waals surface area contributed by atoms with Crippen LogP contribution in [-0.4, -0.2) is 29.2 Å². The highest BCUT2D eigenvalue weighted by Crippen LogP contribution is 2.13. The molecule has 15 heavy (non-hydrogen) atoms. The number of aromatic nitrogens is 2. The summed E-state index contributed by atoms with van der Waals surface area (Å²) in [6.45, 7) is 3.52. The zero-order chi connectivity index (χ0) is 10.7. The molecule has 0 radical (unpaired) electrons. The van der Waals surface area contributed by atoms with Crippen LogP contribution in [0.4, 0.5) is 11.8 Å². The average Bonchev–Trinajstić information content (AvgIpc) is 2.65. The van der Waals surface area contributed by atoms with Crippen molar-refractivity contribution in [2.45, 2.75) is 25.9 Å². The lowest BCUT2D eigenvalue weighted by Gasteiger charge is -2.11. The van der Waals surface area contributed by atoms with Gasteiger partial charge < -0.3 is 15.8 Å². The first-order chi connectivity index (χ1) is 7.24. The van der Waals surface area contributed by atoms with Crippen LogP contribution in [0.3, 0.4) is 0 Å². The molecular formula is C10H16N4O.